The predicted octanol–water partition coefficient (Wildman–Crippen LogP) is -0.724. The van der Waals surface area contributed by atoms with Crippen LogP contribution in [0.2, 0.25) is 0 Å². The molecular formula is C8H13N3O4S2. The number of hydrogen-bond donors (Lipinski definition) is 2. The van der Waals surface area contributed by atoms with Crippen molar-refractivity contribution in [2.24, 2.45) is 0 Å². The van der Waals surface area contributed by atoms with Crippen molar-refractivity contribution < 1.29 is 16.8 Å². The fraction of sp³-hybridized carbons (Fsp3) is 0.250. The second kappa shape index (κ2) is 5.10. The fourth-order valence-electron chi connectivity index (χ4n) is 0.857. The van der Waals surface area contributed by atoms with Gasteiger partial charge in [-0.15, -0.1) is 9.66 Å². The fourth-order valence-corrected chi connectivity index (χ4v) is 2.53. The van der Waals surface area contributed by atoms with E-state index in [2.05, 4.69) is 0 Å². The summed E-state index contributed by atoms with van der Waals surface area (Å²) < 4.78 is 46.7. The van der Waals surface area contributed by atoms with E-state index < -0.39 is 20.2 Å². The van der Waals surface area contributed by atoms with E-state index in [4.69, 9.17) is 0 Å². The first-order valence-electron chi connectivity index (χ1n) is 4.52. The zero-order chi connectivity index (χ0) is 13.1. The molecule has 0 atom stereocenters. The summed E-state index contributed by atoms with van der Waals surface area (Å²) in [7, 11) is -5.19. The van der Waals surface area contributed by atoms with Gasteiger partial charge in [0.25, 0.3) is 20.2 Å². The van der Waals surface area contributed by atoms with E-state index in [1.807, 2.05) is 0 Å². The number of nitrogens with one attached hydrogen (secondary N) is 2. The van der Waals surface area contributed by atoms with Crippen LogP contribution in [0.5, 0.6) is 0 Å². The standard InChI is InChI=1S/C8H13N3O4S2/c1-11(2)17(14,15)10-9-16(12,13)8-6-4-3-5-7-8/h3-7,9-10H,1-2H3. The van der Waals surface area contributed by atoms with Crippen LogP contribution < -0.4 is 9.66 Å². The van der Waals surface area contributed by atoms with Gasteiger partial charge in [-0.25, -0.2) is 8.42 Å². The summed E-state index contributed by atoms with van der Waals surface area (Å²) in [5.41, 5.74) is 0. The molecule has 0 bridgehead atoms. The van der Waals surface area contributed by atoms with Crippen LogP contribution in [0.25, 0.3) is 0 Å². The predicted molar refractivity (Wildman–Crippen MR) is 62.5 cm³/mol. The van der Waals surface area contributed by atoms with Gasteiger partial charge in [0.1, 0.15) is 0 Å². The number of nitrogens with zero attached hydrogens (tertiary/aromatic N) is 1. The van der Waals surface area contributed by atoms with Crippen LogP contribution in [0.3, 0.4) is 0 Å². The number of hydrazine groups is 1. The second-order valence-corrected chi connectivity index (χ2v) is 6.87. The van der Waals surface area contributed by atoms with Crippen molar-refractivity contribution in [1.29, 1.82) is 0 Å². The lowest BCUT2D eigenvalue weighted by Crippen LogP contribution is -2.46. The summed E-state index contributed by atoms with van der Waals surface area (Å²) in [4.78, 5) is 3.52. The monoisotopic (exact) mass is 279 g/mol. The molecule has 7 nitrogen and oxygen atoms in total. The molecule has 2 N–H and O–H groups in total. The molecule has 0 aliphatic heterocycles. The maximum absolute atomic E-state index is 11.6. The molecule has 9 heteroatoms. The molecule has 0 spiro atoms. The van der Waals surface area contributed by atoms with Gasteiger partial charge in [-0.1, -0.05) is 18.2 Å². The third-order valence-electron chi connectivity index (χ3n) is 1.84. The number of hydrogen-bond acceptors (Lipinski definition) is 4. The zero-order valence-electron chi connectivity index (χ0n) is 9.28. The Balaban J connectivity index is 2.84. The Morgan fingerprint density at radius 1 is 0.941 bits per heavy atom. The highest BCUT2D eigenvalue weighted by Crippen LogP contribution is 2.06. The van der Waals surface area contributed by atoms with Crippen LogP contribution in [0.1, 0.15) is 0 Å². The Labute approximate surface area is 101 Å². The average Bonchev–Trinajstić information content (AvgIpc) is 2.28. The van der Waals surface area contributed by atoms with Crippen molar-refractivity contribution in [3.63, 3.8) is 0 Å². The first-order chi connectivity index (χ1) is 7.76. The van der Waals surface area contributed by atoms with E-state index in [0.717, 1.165) is 4.31 Å². The van der Waals surface area contributed by atoms with Crippen molar-refractivity contribution in [2.75, 3.05) is 14.1 Å². The minimum Gasteiger partial charge on any atom is -0.206 e. The quantitative estimate of drug-likeness (QED) is 0.695. The zero-order valence-corrected chi connectivity index (χ0v) is 10.9. The van der Waals surface area contributed by atoms with Gasteiger partial charge in [0.15, 0.2) is 0 Å². The minimum atomic E-state index is -3.89. The molecular weight excluding hydrogens is 266 g/mol. The number of sulfonamides is 1. The Morgan fingerprint density at radius 2 is 1.47 bits per heavy atom. The van der Waals surface area contributed by atoms with Crippen molar-refractivity contribution in [2.45, 2.75) is 4.90 Å². The van der Waals surface area contributed by atoms with Gasteiger partial charge in [0, 0.05) is 14.1 Å². The van der Waals surface area contributed by atoms with Gasteiger partial charge in [-0.05, 0) is 12.1 Å². The Morgan fingerprint density at radius 3 is 1.94 bits per heavy atom. The molecule has 1 rings (SSSR count). The highest BCUT2D eigenvalue weighted by Gasteiger charge is 2.18. The molecule has 1 aromatic rings. The molecule has 0 unspecified atom stereocenters. The van der Waals surface area contributed by atoms with Crippen LogP contribution in [-0.4, -0.2) is 35.2 Å². The topological polar surface area (TPSA) is 95.6 Å². The Bertz CT molecular complexity index is 566. The SMILES string of the molecule is CN(C)S(=O)(=O)NNS(=O)(=O)c1ccccc1. The normalized spacial score (nSPS) is 12.9. The van der Waals surface area contributed by atoms with E-state index >= 15 is 0 Å². The van der Waals surface area contributed by atoms with Crippen molar-refractivity contribution >= 4 is 20.2 Å². The van der Waals surface area contributed by atoms with Gasteiger partial charge in [-0.2, -0.15) is 12.7 Å². The molecule has 0 aliphatic rings. The van der Waals surface area contributed by atoms with Crippen LogP contribution in [-0.2, 0) is 20.2 Å². The summed E-state index contributed by atoms with van der Waals surface area (Å²) in [6, 6.07) is 7.44. The summed E-state index contributed by atoms with van der Waals surface area (Å²) in [5, 5.41) is 0. The van der Waals surface area contributed by atoms with E-state index in [1.165, 1.54) is 38.4 Å². The maximum Gasteiger partial charge on any atom is 0.292 e. The Kier molecular flexibility index (Phi) is 4.22. The van der Waals surface area contributed by atoms with E-state index in [9.17, 15) is 16.8 Å². The lowest BCUT2D eigenvalue weighted by atomic mass is 10.4. The summed E-state index contributed by atoms with van der Waals surface area (Å²) in [5.74, 6) is 0. The lowest BCUT2D eigenvalue weighted by molar-refractivity contribution is 0.498. The molecule has 1 aromatic carbocycles. The van der Waals surface area contributed by atoms with E-state index in [-0.39, 0.29) is 4.90 Å². The average molecular weight is 279 g/mol. The Hall–Kier alpha value is -1.00. The van der Waals surface area contributed by atoms with Crippen molar-refractivity contribution in [3.05, 3.63) is 30.3 Å². The molecule has 96 valence electrons. The first kappa shape index (κ1) is 14.1. The van der Waals surface area contributed by atoms with Gasteiger partial charge in [0.05, 0.1) is 4.90 Å². The number of rotatable bonds is 5. The third-order valence-corrected chi connectivity index (χ3v) is 4.55. The van der Waals surface area contributed by atoms with Gasteiger partial charge in [0.2, 0.25) is 0 Å². The first-order valence-corrected chi connectivity index (χ1v) is 7.44. The van der Waals surface area contributed by atoms with Crippen LogP contribution >= 0.6 is 0 Å². The summed E-state index contributed by atoms with van der Waals surface area (Å²) in [6.45, 7) is 0. The molecule has 0 fully saturated rings. The lowest BCUT2D eigenvalue weighted by Gasteiger charge is -2.13. The number of benzene rings is 1. The molecule has 0 amide bonds. The summed E-state index contributed by atoms with van der Waals surface area (Å²) >= 11 is 0. The molecule has 0 aromatic heterocycles. The smallest absolute Gasteiger partial charge is 0.206 e. The van der Waals surface area contributed by atoms with E-state index in [1.54, 1.807) is 15.7 Å². The van der Waals surface area contributed by atoms with Crippen LogP contribution in [0, 0.1) is 0 Å². The van der Waals surface area contributed by atoms with Crippen molar-refractivity contribution in [1.82, 2.24) is 14.0 Å². The van der Waals surface area contributed by atoms with Crippen LogP contribution in [0.4, 0.5) is 0 Å². The summed E-state index contributed by atoms with van der Waals surface area (Å²) in [6.07, 6.45) is 0. The molecule has 0 saturated carbocycles. The molecule has 0 heterocycles. The van der Waals surface area contributed by atoms with Crippen molar-refractivity contribution in [3.8, 4) is 0 Å². The van der Waals surface area contributed by atoms with E-state index in [0.29, 0.717) is 0 Å². The van der Waals surface area contributed by atoms with Gasteiger partial charge >= 0.3 is 0 Å². The molecule has 17 heavy (non-hydrogen) atoms. The van der Waals surface area contributed by atoms with Gasteiger partial charge in [-0.3, -0.25) is 0 Å². The van der Waals surface area contributed by atoms with Gasteiger partial charge < -0.3 is 0 Å². The highest BCUT2D eigenvalue weighted by atomic mass is 32.2. The second-order valence-electron chi connectivity index (χ2n) is 3.31. The minimum absolute atomic E-state index is 0.0264. The maximum atomic E-state index is 11.6. The molecule has 0 radical (unpaired) electrons. The van der Waals surface area contributed by atoms with Crippen LogP contribution in [0.15, 0.2) is 35.2 Å². The molecule has 0 saturated heterocycles. The largest absolute Gasteiger partial charge is 0.292 e. The highest BCUT2D eigenvalue weighted by molar-refractivity contribution is 7.91. The third kappa shape index (κ3) is 3.75. The molecule has 0 aliphatic carbocycles.